The Hall–Kier alpha value is -1.10. The molecule has 1 atom stereocenters. The lowest BCUT2D eigenvalue weighted by molar-refractivity contribution is -0.141. The molecule has 0 fully saturated rings. The van der Waals surface area contributed by atoms with Gasteiger partial charge in [-0.25, -0.2) is 16.1 Å². The second kappa shape index (κ2) is 9.15. The third kappa shape index (κ3) is 7.23. The molecule has 0 aliphatic rings. The van der Waals surface area contributed by atoms with E-state index in [1.807, 2.05) is 12.3 Å². The number of carbonyl (C=O) groups is 2. The molecular formula is C11H19NO3S. The van der Waals surface area contributed by atoms with Gasteiger partial charge in [-0.3, -0.25) is 4.79 Å². The van der Waals surface area contributed by atoms with E-state index in [2.05, 4.69) is 11.9 Å². The summed E-state index contributed by atoms with van der Waals surface area (Å²) in [4.78, 5) is 22.2. The van der Waals surface area contributed by atoms with Crippen molar-refractivity contribution in [3.63, 3.8) is 0 Å². The normalized spacial score (nSPS) is 12.8. The molecule has 0 aliphatic carbocycles. The van der Waals surface area contributed by atoms with Crippen LogP contribution in [-0.2, 0) is 9.59 Å². The van der Waals surface area contributed by atoms with Crippen molar-refractivity contribution < 1.29 is 14.7 Å². The van der Waals surface area contributed by atoms with Gasteiger partial charge >= 0.3 is 5.97 Å². The highest BCUT2D eigenvalue weighted by molar-refractivity contribution is 7.97. The fourth-order valence-corrected chi connectivity index (χ4v) is 1.65. The molecule has 0 saturated carbocycles. The van der Waals surface area contributed by atoms with Crippen LogP contribution in [0, 0.1) is 0 Å². The highest BCUT2D eigenvalue weighted by Crippen LogP contribution is 1.96. The Morgan fingerprint density at radius 2 is 2.25 bits per heavy atom. The Morgan fingerprint density at radius 3 is 2.75 bits per heavy atom. The Labute approximate surface area is 99.7 Å². The molecule has 92 valence electrons. The number of amides is 1. The van der Waals surface area contributed by atoms with Gasteiger partial charge in [0.15, 0.2) is 0 Å². The van der Waals surface area contributed by atoms with Crippen LogP contribution < -0.4 is 5.32 Å². The Balaban J connectivity index is 4.11. The number of allylic oxidation sites excluding steroid dienone is 1. The number of rotatable bonds is 8. The summed E-state index contributed by atoms with van der Waals surface area (Å²) in [7, 11) is 0. The van der Waals surface area contributed by atoms with Crippen molar-refractivity contribution >= 4 is 28.6 Å². The molecule has 0 aliphatic heterocycles. The van der Waals surface area contributed by atoms with Crippen molar-refractivity contribution in [1.29, 1.82) is 0 Å². The van der Waals surface area contributed by atoms with Crippen molar-refractivity contribution in [3.05, 3.63) is 12.7 Å². The number of carbonyl (C=O) groups excluding carboxylic acids is 1. The van der Waals surface area contributed by atoms with Crippen LogP contribution in [0.2, 0.25) is 0 Å². The van der Waals surface area contributed by atoms with Crippen molar-refractivity contribution in [1.82, 2.24) is 5.32 Å². The summed E-state index contributed by atoms with van der Waals surface area (Å²) in [6.45, 7) is 5.51. The summed E-state index contributed by atoms with van der Waals surface area (Å²) in [5.41, 5.74) is 0. The number of nitrogens with one attached hydrogen (secondary N) is 1. The largest absolute Gasteiger partial charge is 0.480 e. The first kappa shape index (κ1) is 14.9. The van der Waals surface area contributed by atoms with E-state index >= 15 is 0 Å². The molecule has 0 aromatic heterocycles. The van der Waals surface area contributed by atoms with E-state index in [0.29, 0.717) is 19.3 Å². The molecule has 2 N–H and O–H groups in total. The summed E-state index contributed by atoms with van der Waals surface area (Å²) in [6.07, 6.45) is 2.86. The van der Waals surface area contributed by atoms with Gasteiger partial charge < -0.3 is 10.4 Å². The minimum Gasteiger partial charge on any atom is -0.480 e. The van der Waals surface area contributed by atoms with Gasteiger partial charge in [0.25, 0.3) is 0 Å². The highest BCUT2D eigenvalue weighted by Gasteiger charge is 2.17. The summed E-state index contributed by atoms with van der Waals surface area (Å²) in [5, 5.41) is 13.2. The maximum Gasteiger partial charge on any atom is 0.326 e. The predicted octanol–water partition coefficient (Wildman–Crippen LogP) is 1.20. The monoisotopic (exact) mass is 245 g/mol. The maximum atomic E-state index is 11.3. The number of carboxylic acids is 1. The fraction of sp³-hybridized carbons (Fsp3) is 0.545. The molecule has 5 heteroatoms. The number of carboxylic acid groups (broad SMARTS) is 1. The number of aliphatic carboxylic acids is 1. The molecule has 1 unspecified atom stereocenters. The van der Waals surface area contributed by atoms with Gasteiger partial charge in [0.2, 0.25) is 5.91 Å². The second-order valence-electron chi connectivity index (χ2n) is 3.20. The zero-order chi connectivity index (χ0) is 12.4. The van der Waals surface area contributed by atoms with Crippen molar-refractivity contribution in [2.24, 2.45) is 0 Å². The lowest BCUT2D eigenvalue weighted by Gasteiger charge is -2.11. The third-order valence-corrected chi connectivity index (χ3v) is 2.70. The van der Waals surface area contributed by atoms with Gasteiger partial charge in [-0.05, 0) is 12.2 Å². The molecule has 1 amide bonds. The van der Waals surface area contributed by atoms with Crippen molar-refractivity contribution in [2.45, 2.75) is 32.2 Å². The topological polar surface area (TPSA) is 66.4 Å². The average molecular weight is 245 g/mol. The van der Waals surface area contributed by atoms with E-state index in [-0.39, 0.29) is 5.91 Å². The molecule has 0 saturated heterocycles. The van der Waals surface area contributed by atoms with Crippen LogP contribution in [0.1, 0.15) is 26.2 Å². The van der Waals surface area contributed by atoms with Crippen molar-refractivity contribution in [2.75, 3.05) is 5.75 Å². The molecule has 0 rings (SSSR count). The molecule has 0 spiro atoms. The predicted molar refractivity (Wildman–Crippen MR) is 69.2 cm³/mol. The molecule has 0 aromatic carbocycles. The van der Waals surface area contributed by atoms with E-state index in [1.165, 1.54) is 0 Å². The Bertz CT molecular complexity index is 276. The minimum atomic E-state index is -0.991. The van der Waals surface area contributed by atoms with Gasteiger partial charge in [0.05, 0.1) is 0 Å². The zero-order valence-electron chi connectivity index (χ0n) is 9.48. The van der Waals surface area contributed by atoms with Crippen LogP contribution in [0.5, 0.6) is 0 Å². The number of hydrogen-bond donors (Lipinski definition) is 3. The Morgan fingerprint density at radius 1 is 1.56 bits per heavy atom. The number of thiol groups is 1. The van der Waals surface area contributed by atoms with Gasteiger partial charge in [0.1, 0.15) is 6.04 Å². The van der Waals surface area contributed by atoms with Crippen LogP contribution in [0.15, 0.2) is 12.7 Å². The quantitative estimate of drug-likeness (QED) is 0.342. The van der Waals surface area contributed by atoms with Gasteiger partial charge in [-0.2, -0.15) is 0 Å². The smallest absolute Gasteiger partial charge is 0.326 e. The van der Waals surface area contributed by atoms with Crippen LogP contribution >= 0.6 is 11.4 Å². The first-order valence-corrected chi connectivity index (χ1v) is 6.38. The first-order chi connectivity index (χ1) is 7.61. The van der Waals surface area contributed by atoms with Crippen LogP contribution in [0.4, 0.5) is 0 Å². The summed E-state index contributed by atoms with van der Waals surface area (Å²) in [6, 6.07) is -0.809. The van der Waals surface area contributed by atoms with Crippen LogP contribution in [-0.4, -0.2) is 34.1 Å². The lowest BCUT2D eigenvalue weighted by atomic mass is 10.2. The summed E-state index contributed by atoms with van der Waals surface area (Å²) in [5.74, 6) is -0.278. The molecule has 0 heterocycles. The van der Waals surface area contributed by atoms with Crippen LogP contribution in [0.25, 0.3) is 0 Å². The summed E-state index contributed by atoms with van der Waals surface area (Å²) < 4.78 is 0. The van der Waals surface area contributed by atoms with E-state index in [4.69, 9.17) is 5.11 Å². The molecule has 4 nitrogen and oxygen atoms in total. The first-order valence-electron chi connectivity index (χ1n) is 5.23. The van der Waals surface area contributed by atoms with E-state index in [9.17, 15) is 9.59 Å². The van der Waals surface area contributed by atoms with Gasteiger partial charge in [-0.1, -0.05) is 18.4 Å². The fourth-order valence-electron chi connectivity index (χ4n) is 1.03. The molecule has 0 aromatic rings. The molecule has 0 bridgehead atoms. The second-order valence-corrected chi connectivity index (χ2v) is 4.57. The Kier molecular flexibility index (Phi) is 8.52. The molecule has 16 heavy (non-hydrogen) atoms. The number of hydrogen-bond acceptors (Lipinski definition) is 2. The van der Waals surface area contributed by atoms with E-state index in [1.54, 1.807) is 6.08 Å². The van der Waals surface area contributed by atoms with Gasteiger partial charge in [-0.15, -0.1) is 6.58 Å². The SMILES string of the molecule is C=CCCC(=O)NC(CC=[SH]CC)C(=O)O. The average Bonchev–Trinajstić information content (AvgIpc) is 2.25. The van der Waals surface area contributed by atoms with Crippen molar-refractivity contribution in [3.8, 4) is 0 Å². The third-order valence-electron chi connectivity index (χ3n) is 1.86. The maximum absolute atomic E-state index is 11.3. The molecular weight excluding hydrogens is 226 g/mol. The minimum absolute atomic E-state index is 0.242. The lowest BCUT2D eigenvalue weighted by Crippen LogP contribution is -2.40. The van der Waals surface area contributed by atoms with Crippen LogP contribution in [0.3, 0.4) is 0 Å². The molecule has 0 radical (unpaired) electrons. The van der Waals surface area contributed by atoms with E-state index < -0.39 is 12.0 Å². The van der Waals surface area contributed by atoms with E-state index in [0.717, 1.165) is 17.1 Å². The standard InChI is InChI=1S/C11H19NO3S/c1-3-5-6-10(13)12-9(11(14)15)7-8-16-4-2/h3,8-9,16H,1,4-7H2,2H3,(H,12,13)(H,14,15). The highest BCUT2D eigenvalue weighted by atomic mass is 32.1. The van der Waals surface area contributed by atoms with Gasteiger partial charge in [0, 0.05) is 12.8 Å². The zero-order valence-corrected chi connectivity index (χ0v) is 10.4. The summed E-state index contributed by atoms with van der Waals surface area (Å²) >= 11 is 1.09.